The summed E-state index contributed by atoms with van der Waals surface area (Å²) in [5, 5.41) is 0. The van der Waals surface area contributed by atoms with Gasteiger partial charge in [-0.2, -0.15) is 0 Å². The molecule has 33 heavy (non-hydrogen) atoms. The fourth-order valence-electron chi connectivity index (χ4n) is 4.29. The highest BCUT2D eigenvalue weighted by Crippen LogP contribution is 2.37. The molecule has 0 aliphatic carbocycles. The Morgan fingerprint density at radius 3 is 2.52 bits per heavy atom. The van der Waals surface area contributed by atoms with Gasteiger partial charge in [0.2, 0.25) is 5.91 Å². The third-order valence-electron chi connectivity index (χ3n) is 6.23. The fourth-order valence-corrected chi connectivity index (χ4v) is 5.12. The van der Waals surface area contributed by atoms with Crippen molar-refractivity contribution in [3.8, 4) is 5.75 Å². The summed E-state index contributed by atoms with van der Waals surface area (Å²) in [7, 11) is 6.31. The normalized spacial score (nSPS) is 17.4. The predicted octanol–water partition coefficient (Wildman–Crippen LogP) is 4.07. The highest BCUT2D eigenvalue weighted by Gasteiger charge is 2.34. The standard InChI is InChI=1S/C26H37N3O3S/c1-6-7-16-28(4)19-24(20-11-9-8-10-12-20)29(5)26(30)22-15-17-32-25-14-13-21(18-23(22)25)33(31)27(2)3/h8-14,18,22,24H,6-7,15-17,19H2,1-5H3. The van der Waals surface area contributed by atoms with Crippen molar-refractivity contribution in [2.45, 2.75) is 43.0 Å². The molecule has 1 amide bonds. The molecule has 1 heterocycles. The van der Waals surface area contributed by atoms with Gasteiger partial charge in [-0.05, 0) is 64.3 Å². The monoisotopic (exact) mass is 471 g/mol. The maximum absolute atomic E-state index is 13.9. The van der Waals surface area contributed by atoms with Crippen LogP contribution in [0.2, 0.25) is 0 Å². The number of ether oxygens (including phenoxy) is 1. The van der Waals surface area contributed by atoms with E-state index in [4.69, 9.17) is 4.74 Å². The summed E-state index contributed by atoms with van der Waals surface area (Å²) in [6.45, 7) is 4.47. The van der Waals surface area contributed by atoms with Gasteiger partial charge in [0.05, 0.1) is 23.5 Å². The van der Waals surface area contributed by atoms with E-state index in [2.05, 4.69) is 31.0 Å². The number of unbranched alkanes of at least 4 members (excludes halogenated alkanes) is 1. The number of likely N-dealkylation sites (N-methyl/N-ethyl adjacent to an activating group) is 2. The number of hydrogen-bond acceptors (Lipinski definition) is 4. The molecule has 0 saturated heterocycles. The molecule has 180 valence electrons. The van der Waals surface area contributed by atoms with Gasteiger partial charge in [0.15, 0.2) is 0 Å². The molecule has 0 radical (unpaired) electrons. The Kier molecular flexibility index (Phi) is 9.06. The van der Waals surface area contributed by atoms with Gasteiger partial charge in [-0.3, -0.25) is 4.79 Å². The lowest BCUT2D eigenvalue weighted by Gasteiger charge is -2.36. The Morgan fingerprint density at radius 1 is 1.12 bits per heavy atom. The van der Waals surface area contributed by atoms with E-state index in [0.29, 0.717) is 23.7 Å². The Morgan fingerprint density at radius 2 is 1.85 bits per heavy atom. The minimum atomic E-state index is -1.28. The smallest absolute Gasteiger partial charge is 0.230 e. The highest BCUT2D eigenvalue weighted by atomic mass is 32.2. The van der Waals surface area contributed by atoms with E-state index in [1.807, 2.05) is 48.3 Å². The van der Waals surface area contributed by atoms with E-state index in [1.165, 1.54) is 0 Å². The number of benzene rings is 2. The van der Waals surface area contributed by atoms with Crippen molar-refractivity contribution in [2.24, 2.45) is 0 Å². The summed E-state index contributed by atoms with van der Waals surface area (Å²) in [6, 6.07) is 15.7. The molecule has 7 heteroatoms. The second kappa shape index (κ2) is 11.8. The van der Waals surface area contributed by atoms with Gasteiger partial charge in [-0.1, -0.05) is 43.7 Å². The van der Waals surface area contributed by atoms with Gasteiger partial charge in [0, 0.05) is 19.2 Å². The van der Waals surface area contributed by atoms with Crippen molar-refractivity contribution in [3.63, 3.8) is 0 Å². The molecule has 1 aliphatic rings. The van der Waals surface area contributed by atoms with Gasteiger partial charge in [-0.15, -0.1) is 0 Å². The first kappa shape index (κ1) is 25.4. The van der Waals surface area contributed by atoms with E-state index in [0.717, 1.165) is 37.1 Å². The second-order valence-electron chi connectivity index (χ2n) is 8.94. The van der Waals surface area contributed by atoms with Gasteiger partial charge >= 0.3 is 0 Å². The average Bonchev–Trinajstić information content (AvgIpc) is 2.84. The van der Waals surface area contributed by atoms with E-state index >= 15 is 0 Å². The van der Waals surface area contributed by atoms with Crippen LogP contribution in [0.4, 0.5) is 0 Å². The first-order chi connectivity index (χ1) is 15.8. The van der Waals surface area contributed by atoms with Crippen molar-refractivity contribution >= 4 is 16.9 Å². The molecular weight excluding hydrogens is 434 g/mol. The van der Waals surface area contributed by atoms with E-state index in [1.54, 1.807) is 18.4 Å². The predicted molar refractivity (Wildman–Crippen MR) is 134 cm³/mol. The zero-order valence-corrected chi connectivity index (χ0v) is 21.3. The van der Waals surface area contributed by atoms with Crippen LogP contribution >= 0.6 is 0 Å². The first-order valence-electron chi connectivity index (χ1n) is 11.7. The van der Waals surface area contributed by atoms with Crippen LogP contribution in [0.3, 0.4) is 0 Å². The van der Waals surface area contributed by atoms with Gasteiger partial charge < -0.3 is 14.5 Å². The second-order valence-corrected chi connectivity index (χ2v) is 10.6. The summed E-state index contributed by atoms with van der Waals surface area (Å²) in [5.41, 5.74) is 1.96. The number of carbonyl (C=O) groups is 1. The van der Waals surface area contributed by atoms with E-state index < -0.39 is 11.0 Å². The molecule has 0 saturated carbocycles. The van der Waals surface area contributed by atoms with Crippen molar-refractivity contribution in [1.29, 1.82) is 0 Å². The SMILES string of the molecule is CCCCN(C)CC(c1ccccc1)N(C)C(=O)C1CCOc2ccc(S(=O)N(C)C)cc21. The van der Waals surface area contributed by atoms with Gasteiger partial charge in [0.1, 0.15) is 16.7 Å². The van der Waals surface area contributed by atoms with Crippen molar-refractivity contribution in [1.82, 2.24) is 14.1 Å². The lowest BCUT2D eigenvalue weighted by atomic mass is 9.91. The number of amides is 1. The summed E-state index contributed by atoms with van der Waals surface area (Å²) >= 11 is 0. The Balaban J connectivity index is 1.89. The van der Waals surface area contributed by atoms with Crippen LogP contribution in [-0.4, -0.2) is 72.1 Å². The zero-order chi connectivity index (χ0) is 24.0. The van der Waals surface area contributed by atoms with Crippen molar-refractivity contribution < 1.29 is 13.7 Å². The molecule has 2 aromatic rings. The van der Waals surface area contributed by atoms with Crippen LogP contribution in [0.25, 0.3) is 0 Å². The third kappa shape index (κ3) is 6.22. The number of hydrogen-bond donors (Lipinski definition) is 0. The van der Waals surface area contributed by atoms with Crippen LogP contribution in [0.1, 0.15) is 49.3 Å². The molecule has 3 atom stereocenters. The molecule has 0 N–H and O–H groups in total. The maximum atomic E-state index is 13.9. The minimum absolute atomic E-state index is 0.0501. The molecule has 0 aromatic heterocycles. The van der Waals surface area contributed by atoms with E-state index in [9.17, 15) is 9.00 Å². The molecule has 0 fully saturated rings. The lowest BCUT2D eigenvalue weighted by Crippen LogP contribution is -2.41. The average molecular weight is 472 g/mol. The maximum Gasteiger partial charge on any atom is 0.230 e. The number of nitrogens with zero attached hydrogens (tertiary/aromatic N) is 3. The molecule has 0 spiro atoms. The van der Waals surface area contributed by atoms with Crippen molar-refractivity contribution in [3.05, 3.63) is 59.7 Å². The zero-order valence-electron chi connectivity index (χ0n) is 20.5. The molecule has 2 aromatic carbocycles. The first-order valence-corrected chi connectivity index (χ1v) is 12.8. The summed E-state index contributed by atoms with van der Waals surface area (Å²) < 4.78 is 20.1. The topological polar surface area (TPSA) is 53.1 Å². The van der Waals surface area contributed by atoms with Gasteiger partial charge in [-0.25, -0.2) is 8.51 Å². The van der Waals surface area contributed by atoms with Crippen LogP contribution in [0.15, 0.2) is 53.4 Å². The molecule has 1 aliphatic heterocycles. The molecule has 0 bridgehead atoms. The Labute approximate surface area is 201 Å². The van der Waals surface area contributed by atoms with Crippen molar-refractivity contribution in [2.75, 3.05) is 47.9 Å². The quantitative estimate of drug-likeness (QED) is 0.524. The number of fused-ring (bicyclic) bond motifs is 1. The third-order valence-corrected chi connectivity index (χ3v) is 7.55. The summed E-state index contributed by atoms with van der Waals surface area (Å²) in [6.07, 6.45) is 2.89. The van der Waals surface area contributed by atoms with E-state index in [-0.39, 0.29) is 17.9 Å². The highest BCUT2D eigenvalue weighted by molar-refractivity contribution is 7.82. The van der Waals surface area contributed by atoms with Crippen LogP contribution < -0.4 is 4.74 Å². The van der Waals surface area contributed by atoms with Gasteiger partial charge in [0.25, 0.3) is 0 Å². The largest absolute Gasteiger partial charge is 0.493 e. The Bertz CT molecular complexity index is 951. The lowest BCUT2D eigenvalue weighted by molar-refractivity contribution is -0.134. The van der Waals surface area contributed by atoms with Crippen LogP contribution in [0, 0.1) is 0 Å². The fraction of sp³-hybridized carbons (Fsp3) is 0.500. The minimum Gasteiger partial charge on any atom is -0.493 e. The number of rotatable bonds is 10. The Hall–Kier alpha value is -2.22. The molecule has 6 nitrogen and oxygen atoms in total. The summed E-state index contributed by atoms with van der Waals surface area (Å²) in [4.78, 5) is 18.7. The summed E-state index contributed by atoms with van der Waals surface area (Å²) in [5.74, 6) is 0.471. The van der Waals surface area contributed by atoms with Crippen LogP contribution in [-0.2, 0) is 15.8 Å². The molecule has 3 unspecified atom stereocenters. The molecule has 3 rings (SSSR count). The molecular formula is C26H37N3O3S. The number of carbonyl (C=O) groups excluding carboxylic acids is 1. The van der Waals surface area contributed by atoms with Crippen LogP contribution in [0.5, 0.6) is 5.75 Å².